The van der Waals surface area contributed by atoms with Crippen LogP contribution in [0.5, 0.6) is 0 Å². The summed E-state index contributed by atoms with van der Waals surface area (Å²) in [6.45, 7) is 3.71. The largest absolute Gasteiger partial charge is 0.397 e. The SMILES string of the molecule is CNc1cc(Nc2nc(C)nc(Nc3ccc(SCCOS(=O)(=O)O)cc3)n2)ccc1C. The monoisotopic (exact) mass is 476 g/mol. The zero-order valence-electron chi connectivity index (χ0n) is 17.8. The highest BCUT2D eigenvalue weighted by Gasteiger charge is 2.07. The fourth-order valence-corrected chi connectivity index (χ4v) is 3.88. The third-order valence-electron chi connectivity index (χ3n) is 4.21. The molecule has 1 aromatic heterocycles. The lowest BCUT2D eigenvalue weighted by atomic mass is 10.2. The van der Waals surface area contributed by atoms with Gasteiger partial charge in [-0.25, -0.2) is 4.18 Å². The van der Waals surface area contributed by atoms with Crippen molar-refractivity contribution in [3.63, 3.8) is 0 Å². The van der Waals surface area contributed by atoms with E-state index in [-0.39, 0.29) is 6.61 Å². The van der Waals surface area contributed by atoms with Gasteiger partial charge in [0.2, 0.25) is 11.9 Å². The van der Waals surface area contributed by atoms with Crippen LogP contribution in [0, 0.1) is 13.8 Å². The molecular weight excluding hydrogens is 452 g/mol. The summed E-state index contributed by atoms with van der Waals surface area (Å²) in [6, 6.07) is 13.4. The standard InChI is InChI=1S/C20H24N6O4S2/c1-13-4-5-16(12-18(13)21-3)25-20-23-14(2)22-19(26-20)24-15-6-8-17(9-7-15)31-11-10-30-32(27,28)29/h4-9,12,21H,10-11H2,1-3H3,(H,27,28,29)(H2,22,23,24,25,26). The summed E-state index contributed by atoms with van der Waals surface area (Å²) in [5.74, 6) is 1.78. The Labute approximate surface area is 191 Å². The Morgan fingerprint density at radius 3 is 2.22 bits per heavy atom. The van der Waals surface area contributed by atoms with Crippen LogP contribution < -0.4 is 16.0 Å². The molecule has 1 heterocycles. The maximum Gasteiger partial charge on any atom is 0.397 e. The number of hydrogen-bond donors (Lipinski definition) is 4. The first-order valence-electron chi connectivity index (χ1n) is 9.62. The van der Waals surface area contributed by atoms with E-state index in [1.165, 1.54) is 11.8 Å². The molecule has 0 aliphatic heterocycles. The molecule has 0 saturated carbocycles. The summed E-state index contributed by atoms with van der Waals surface area (Å²) in [5.41, 5.74) is 3.80. The van der Waals surface area contributed by atoms with Crippen LogP contribution in [0.2, 0.25) is 0 Å². The number of rotatable bonds is 10. The van der Waals surface area contributed by atoms with Crippen molar-refractivity contribution in [1.29, 1.82) is 0 Å². The number of nitrogens with zero attached hydrogens (tertiary/aromatic N) is 3. The maximum atomic E-state index is 10.5. The van der Waals surface area contributed by atoms with Gasteiger partial charge in [0.15, 0.2) is 0 Å². The Morgan fingerprint density at radius 2 is 1.59 bits per heavy atom. The van der Waals surface area contributed by atoms with Crippen LogP contribution >= 0.6 is 11.8 Å². The van der Waals surface area contributed by atoms with Crippen molar-refractivity contribution in [2.75, 3.05) is 35.4 Å². The number of benzene rings is 2. The second-order valence-electron chi connectivity index (χ2n) is 6.68. The predicted octanol–water partition coefficient (Wildman–Crippen LogP) is 3.93. The Hall–Kier alpha value is -2.93. The van der Waals surface area contributed by atoms with Gasteiger partial charge < -0.3 is 16.0 Å². The molecule has 3 rings (SSSR count). The lowest BCUT2D eigenvalue weighted by molar-refractivity contribution is 0.285. The van der Waals surface area contributed by atoms with Crippen LogP contribution in [0.1, 0.15) is 11.4 Å². The van der Waals surface area contributed by atoms with Gasteiger partial charge in [0.25, 0.3) is 0 Å². The Kier molecular flexibility index (Phi) is 7.85. The van der Waals surface area contributed by atoms with Crippen molar-refractivity contribution in [2.45, 2.75) is 18.7 Å². The van der Waals surface area contributed by atoms with E-state index in [1.807, 2.05) is 56.4 Å². The fraction of sp³-hybridized carbons (Fsp3) is 0.250. The summed E-state index contributed by atoms with van der Waals surface area (Å²) in [6.07, 6.45) is 0. The number of hydrogen-bond acceptors (Lipinski definition) is 10. The summed E-state index contributed by atoms with van der Waals surface area (Å²) >= 11 is 1.40. The number of anilines is 5. The van der Waals surface area contributed by atoms with Crippen molar-refractivity contribution in [1.82, 2.24) is 15.0 Å². The minimum Gasteiger partial charge on any atom is -0.388 e. The highest BCUT2D eigenvalue weighted by molar-refractivity contribution is 7.99. The number of aryl methyl sites for hydroxylation is 2. The van der Waals surface area contributed by atoms with Crippen molar-refractivity contribution < 1.29 is 17.2 Å². The van der Waals surface area contributed by atoms with Gasteiger partial charge in [-0.2, -0.15) is 23.4 Å². The van der Waals surface area contributed by atoms with Crippen LogP contribution in [-0.2, 0) is 14.6 Å². The van der Waals surface area contributed by atoms with Gasteiger partial charge in [-0.15, -0.1) is 11.8 Å². The van der Waals surface area contributed by atoms with Gasteiger partial charge in [-0.05, 0) is 55.8 Å². The van der Waals surface area contributed by atoms with E-state index in [4.69, 9.17) is 4.55 Å². The van der Waals surface area contributed by atoms with Crippen LogP contribution in [0.4, 0.5) is 29.0 Å². The fourth-order valence-electron chi connectivity index (χ4n) is 2.75. The minimum atomic E-state index is -4.40. The summed E-state index contributed by atoms with van der Waals surface area (Å²) in [4.78, 5) is 14.0. The number of aromatic nitrogens is 3. The summed E-state index contributed by atoms with van der Waals surface area (Å²) in [5, 5.41) is 9.51. The van der Waals surface area contributed by atoms with Gasteiger partial charge >= 0.3 is 10.4 Å². The normalized spacial score (nSPS) is 11.2. The van der Waals surface area contributed by atoms with Gasteiger partial charge in [0.05, 0.1) is 6.61 Å². The van der Waals surface area contributed by atoms with Crippen molar-refractivity contribution >= 4 is 51.1 Å². The topological polar surface area (TPSA) is 138 Å². The maximum absolute atomic E-state index is 10.5. The van der Waals surface area contributed by atoms with Crippen LogP contribution in [0.25, 0.3) is 0 Å². The molecule has 2 aromatic carbocycles. The van der Waals surface area contributed by atoms with Gasteiger partial charge in [-0.1, -0.05) is 6.07 Å². The van der Waals surface area contributed by atoms with Crippen LogP contribution in [0.15, 0.2) is 47.4 Å². The van der Waals surface area contributed by atoms with E-state index < -0.39 is 10.4 Å². The summed E-state index contributed by atoms with van der Waals surface area (Å²) < 4.78 is 33.9. The highest BCUT2D eigenvalue weighted by atomic mass is 32.3. The highest BCUT2D eigenvalue weighted by Crippen LogP contribution is 2.24. The molecule has 0 atom stereocenters. The van der Waals surface area contributed by atoms with Crippen molar-refractivity contribution in [2.24, 2.45) is 0 Å². The average molecular weight is 477 g/mol. The molecule has 10 nitrogen and oxygen atoms in total. The Balaban J connectivity index is 1.63. The molecule has 12 heteroatoms. The van der Waals surface area contributed by atoms with Gasteiger partial charge in [0.1, 0.15) is 5.82 Å². The van der Waals surface area contributed by atoms with E-state index in [1.54, 1.807) is 6.92 Å². The first-order valence-corrected chi connectivity index (χ1v) is 12.0. The predicted molar refractivity (Wildman–Crippen MR) is 127 cm³/mol. The molecule has 170 valence electrons. The lowest BCUT2D eigenvalue weighted by Crippen LogP contribution is -2.06. The third kappa shape index (κ3) is 7.34. The Bertz CT molecular complexity index is 1170. The molecule has 4 N–H and O–H groups in total. The molecule has 0 fully saturated rings. The molecule has 0 aliphatic rings. The quantitative estimate of drug-likeness (QED) is 0.192. The van der Waals surface area contributed by atoms with E-state index in [0.717, 1.165) is 27.5 Å². The molecule has 0 aliphatic carbocycles. The molecule has 0 radical (unpaired) electrons. The van der Waals surface area contributed by atoms with Crippen molar-refractivity contribution in [3.05, 3.63) is 53.9 Å². The molecule has 0 spiro atoms. The van der Waals surface area contributed by atoms with Gasteiger partial charge in [0, 0.05) is 34.8 Å². The first-order chi connectivity index (χ1) is 15.2. The summed E-state index contributed by atoms with van der Waals surface area (Å²) in [7, 11) is -2.53. The molecule has 0 bridgehead atoms. The lowest BCUT2D eigenvalue weighted by Gasteiger charge is -2.11. The third-order valence-corrected chi connectivity index (χ3v) is 5.65. The van der Waals surface area contributed by atoms with Crippen molar-refractivity contribution in [3.8, 4) is 0 Å². The first kappa shape index (κ1) is 23.7. The minimum absolute atomic E-state index is 0.111. The molecule has 3 aromatic rings. The number of nitrogens with one attached hydrogen (secondary N) is 3. The molecular formula is C20H24N6O4S2. The average Bonchev–Trinajstić information content (AvgIpc) is 2.72. The van der Waals surface area contributed by atoms with E-state index in [0.29, 0.717) is 23.5 Å². The number of thioether (sulfide) groups is 1. The van der Waals surface area contributed by atoms with E-state index >= 15 is 0 Å². The van der Waals surface area contributed by atoms with Crippen LogP contribution in [0.3, 0.4) is 0 Å². The smallest absolute Gasteiger partial charge is 0.388 e. The molecule has 0 saturated heterocycles. The van der Waals surface area contributed by atoms with Gasteiger partial charge in [-0.3, -0.25) is 4.55 Å². The second kappa shape index (κ2) is 10.6. The Morgan fingerprint density at radius 1 is 0.969 bits per heavy atom. The molecule has 32 heavy (non-hydrogen) atoms. The zero-order chi connectivity index (χ0) is 23.1. The van der Waals surface area contributed by atoms with Crippen LogP contribution in [-0.4, -0.2) is 47.3 Å². The van der Waals surface area contributed by atoms with E-state index in [9.17, 15) is 8.42 Å². The molecule has 0 unspecified atom stereocenters. The van der Waals surface area contributed by atoms with E-state index in [2.05, 4.69) is 35.1 Å². The molecule has 0 amide bonds. The second-order valence-corrected chi connectivity index (χ2v) is 8.94. The zero-order valence-corrected chi connectivity index (χ0v) is 19.4.